The van der Waals surface area contributed by atoms with E-state index >= 15 is 0 Å². The molecule has 0 aliphatic rings. The number of carbonyl (C=O) groups is 2. The minimum absolute atomic E-state index is 0.0945. The topological polar surface area (TPSA) is 117 Å². The van der Waals surface area contributed by atoms with Gasteiger partial charge in [0.05, 0.1) is 24.7 Å². The number of carbonyl (C=O) groups excluding carboxylic acids is 2. The van der Waals surface area contributed by atoms with Gasteiger partial charge in [-0.05, 0) is 25.1 Å². The first-order valence-corrected chi connectivity index (χ1v) is 8.07. The van der Waals surface area contributed by atoms with Gasteiger partial charge in [0.2, 0.25) is 0 Å². The fourth-order valence-corrected chi connectivity index (χ4v) is 2.26. The Morgan fingerprint density at radius 1 is 1.21 bits per heavy atom. The van der Waals surface area contributed by atoms with E-state index < -0.39 is 40.5 Å². The number of amides is 1. The lowest BCUT2D eigenvalue weighted by Gasteiger charge is -2.11. The van der Waals surface area contributed by atoms with Crippen molar-refractivity contribution in [3.05, 3.63) is 57.9 Å². The minimum Gasteiger partial charge on any atom is -0.493 e. The molecule has 0 aliphatic carbocycles. The van der Waals surface area contributed by atoms with E-state index in [1.807, 2.05) is 0 Å². The highest BCUT2D eigenvalue weighted by Gasteiger charge is 2.26. The SMILES string of the molecule is CCOc1cc([N+](=O)[O-])c(C(=O)OCC(=O)Nc2cccc(F)c2)cc1OC. The number of hydrogen-bond acceptors (Lipinski definition) is 7. The molecule has 2 aromatic rings. The normalized spacial score (nSPS) is 10.1. The standard InChI is InChI=1S/C18H17FN2O7/c1-3-27-16-9-14(21(24)25)13(8-15(16)26-2)18(23)28-10-17(22)20-12-6-4-5-11(19)7-12/h4-9H,3,10H2,1-2H3,(H,20,22). The van der Waals surface area contributed by atoms with Crippen LogP contribution in [0.5, 0.6) is 11.5 Å². The number of nitro groups is 1. The van der Waals surface area contributed by atoms with Gasteiger partial charge in [0.15, 0.2) is 18.1 Å². The van der Waals surface area contributed by atoms with Crippen LogP contribution >= 0.6 is 0 Å². The summed E-state index contributed by atoms with van der Waals surface area (Å²) in [6.45, 7) is 1.20. The second-order valence-electron chi connectivity index (χ2n) is 5.34. The van der Waals surface area contributed by atoms with Crippen molar-refractivity contribution in [1.82, 2.24) is 0 Å². The summed E-state index contributed by atoms with van der Waals surface area (Å²) < 4.78 is 28.3. The smallest absolute Gasteiger partial charge is 0.345 e. The first-order chi connectivity index (χ1) is 13.3. The van der Waals surface area contributed by atoms with Crippen LogP contribution in [0.2, 0.25) is 0 Å². The molecule has 1 N–H and O–H groups in total. The van der Waals surface area contributed by atoms with Crippen molar-refractivity contribution >= 4 is 23.3 Å². The lowest BCUT2D eigenvalue weighted by molar-refractivity contribution is -0.385. The first-order valence-electron chi connectivity index (χ1n) is 8.07. The third kappa shape index (κ3) is 5.16. The number of ether oxygens (including phenoxy) is 3. The number of anilines is 1. The minimum atomic E-state index is -1.09. The second kappa shape index (κ2) is 9.31. The highest BCUT2D eigenvalue weighted by atomic mass is 19.1. The summed E-state index contributed by atoms with van der Waals surface area (Å²) in [5, 5.41) is 13.6. The van der Waals surface area contributed by atoms with Gasteiger partial charge in [0.1, 0.15) is 11.4 Å². The zero-order chi connectivity index (χ0) is 20.7. The van der Waals surface area contributed by atoms with Crippen LogP contribution in [0, 0.1) is 15.9 Å². The average Bonchev–Trinajstić information content (AvgIpc) is 2.66. The third-order valence-corrected chi connectivity index (χ3v) is 3.44. The summed E-state index contributed by atoms with van der Waals surface area (Å²) in [6.07, 6.45) is 0. The molecule has 9 nitrogen and oxygen atoms in total. The largest absolute Gasteiger partial charge is 0.493 e. The number of nitrogens with one attached hydrogen (secondary N) is 1. The summed E-state index contributed by atoms with van der Waals surface area (Å²) in [4.78, 5) is 34.6. The quantitative estimate of drug-likeness (QED) is 0.417. The highest BCUT2D eigenvalue weighted by molar-refractivity contribution is 5.98. The van der Waals surface area contributed by atoms with Crippen LogP contribution in [-0.4, -0.2) is 37.1 Å². The number of benzene rings is 2. The lowest BCUT2D eigenvalue weighted by atomic mass is 10.1. The number of nitrogens with zero attached hydrogens (tertiary/aromatic N) is 1. The van der Waals surface area contributed by atoms with Crippen molar-refractivity contribution in [2.45, 2.75) is 6.92 Å². The van der Waals surface area contributed by atoms with Gasteiger partial charge < -0.3 is 19.5 Å². The van der Waals surface area contributed by atoms with Gasteiger partial charge in [-0.1, -0.05) is 6.07 Å². The fourth-order valence-electron chi connectivity index (χ4n) is 2.26. The molecule has 0 fully saturated rings. The summed E-state index contributed by atoms with van der Waals surface area (Å²) in [5.41, 5.74) is -0.779. The van der Waals surface area contributed by atoms with Gasteiger partial charge in [0.25, 0.3) is 11.6 Å². The molecule has 0 atom stereocenters. The van der Waals surface area contributed by atoms with E-state index in [1.165, 1.54) is 25.3 Å². The Morgan fingerprint density at radius 3 is 2.57 bits per heavy atom. The first kappa shape index (κ1) is 20.6. The molecular weight excluding hydrogens is 375 g/mol. The maximum absolute atomic E-state index is 13.1. The maximum Gasteiger partial charge on any atom is 0.345 e. The van der Waals surface area contributed by atoms with Crippen molar-refractivity contribution in [3.63, 3.8) is 0 Å². The van der Waals surface area contributed by atoms with Crippen LogP contribution in [-0.2, 0) is 9.53 Å². The molecule has 28 heavy (non-hydrogen) atoms. The number of esters is 1. The Hall–Kier alpha value is -3.69. The molecular formula is C18H17FN2O7. The van der Waals surface area contributed by atoms with Gasteiger partial charge >= 0.3 is 5.97 Å². The van der Waals surface area contributed by atoms with Gasteiger partial charge in [-0.15, -0.1) is 0 Å². The van der Waals surface area contributed by atoms with Gasteiger partial charge in [-0.25, -0.2) is 9.18 Å². The van der Waals surface area contributed by atoms with Crippen molar-refractivity contribution in [2.75, 3.05) is 25.6 Å². The van der Waals surface area contributed by atoms with Gasteiger partial charge in [0, 0.05) is 11.8 Å². The van der Waals surface area contributed by atoms with Crippen LogP contribution in [0.3, 0.4) is 0 Å². The molecule has 0 unspecified atom stereocenters. The molecule has 2 aromatic carbocycles. The van der Waals surface area contributed by atoms with Crippen LogP contribution in [0.15, 0.2) is 36.4 Å². The predicted octanol–water partition coefficient (Wildman–Crippen LogP) is 2.94. The summed E-state index contributed by atoms with van der Waals surface area (Å²) in [6, 6.07) is 7.29. The summed E-state index contributed by atoms with van der Waals surface area (Å²) in [5.74, 6) is -2.19. The van der Waals surface area contributed by atoms with E-state index in [1.54, 1.807) is 6.92 Å². The van der Waals surface area contributed by atoms with E-state index in [4.69, 9.17) is 14.2 Å². The van der Waals surface area contributed by atoms with Gasteiger partial charge in [-0.3, -0.25) is 14.9 Å². The number of rotatable bonds is 8. The number of hydrogen-bond donors (Lipinski definition) is 1. The lowest BCUT2D eigenvalue weighted by Crippen LogP contribution is -2.21. The van der Waals surface area contributed by atoms with E-state index in [-0.39, 0.29) is 23.8 Å². The van der Waals surface area contributed by atoms with Crippen molar-refractivity contribution < 1.29 is 33.1 Å². The van der Waals surface area contributed by atoms with Crippen LogP contribution in [0.4, 0.5) is 15.8 Å². The number of halogens is 1. The molecule has 0 saturated heterocycles. The van der Waals surface area contributed by atoms with E-state index in [0.29, 0.717) is 0 Å². The monoisotopic (exact) mass is 392 g/mol. The average molecular weight is 392 g/mol. The highest BCUT2D eigenvalue weighted by Crippen LogP contribution is 2.35. The van der Waals surface area contributed by atoms with Crippen molar-refractivity contribution in [2.24, 2.45) is 0 Å². The Morgan fingerprint density at radius 2 is 1.96 bits per heavy atom. The van der Waals surface area contributed by atoms with Crippen LogP contribution in [0.1, 0.15) is 17.3 Å². The van der Waals surface area contributed by atoms with E-state index in [2.05, 4.69) is 5.32 Å². The molecule has 2 rings (SSSR count). The second-order valence-corrected chi connectivity index (χ2v) is 5.34. The van der Waals surface area contributed by atoms with E-state index in [0.717, 1.165) is 18.2 Å². The Kier molecular flexibility index (Phi) is 6.85. The Bertz CT molecular complexity index is 901. The number of methoxy groups -OCH3 is 1. The molecule has 0 radical (unpaired) electrons. The maximum atomic E-state index is 13.1. The Labute approximate surface area is 159 Å². The molecule has 0 heterocycles. The van der Waals surface area contributed by atoms with Crippen LogP contribution in [0.25, 0.3) is 0 Å². The van der Waals surface area contributed by atoms with Crippen LogP contribution < -0.4 is 14.8 Å². The van der Waals surface area contributed by atoms with E-state index in [9.17, 15) is 24.1 Å². The zero-order valence-electron chi connectivity index (χ0n) is 15.1. The fraction of sp³-hybridized carbons (Fsp3) is 0.222. The molecule has 148 valence electrons. The molecule has 0 bridgehead atoms. The molecule has 0 aliphatic heterocycles. The zero-order valence-corrected chi connectivity index (χ0v) is 15.1. The van der Waals surface area contributed by atoms with Crippen molar-refractivity contribution in [3.8, 4) is 11.5 Å². The molecule has 0 spiro atoms. The molecule has 10 heteroatoms. The van der Waals surface area contributed by atoms with Gasteiger partial charge in [-0.2, -0.15) is 0 Å². The van der Waals surface area contributed by atoms with Crippen molar-refractivity contribution in [1.29, 1.82) is 0 Å². The molecule has 0 aromatic heterocycles. The summed E-state index contributed by atoms with van der Waals surface area (Å²) in [7, 11) is 1.31. The third-order valence-electron chi connectivity index (χ3n) is 3.44. The Balaban J connectivity index is 2.14. The molecule has 0 saturated carbocycles. The summed E-state index contributed by atoms with van der Waals surface area (Å²) >= 11 is 0. The molecule has 1 amide bonds. The number of nitro benzene ring substituents is 1. The predicted molar refractivity (Wildman–Crippen MR) is 96.1 cm³/mol.